The van der Waals surface area contributed by atoms with Gasteiger partial charge in [-0.3, -0.25) is 0 Å². The predicted molar refractivity (Wildman–Crippen MR) is 166 cm³/mol. The lowest BCUT2D eigenvalue weighted by Gasteiger charge is -2.11. The van der Waals surface area contributed by atoms with Gasteiger partial charge in [-0.1, -0.05) is 103 Å². The summed E-state index contributed by atoms with van der Waals surface area (Å²) < 4.78 is 2.30. The summed E-state index contributed by atoms with van der Waals surface area (Å²) in [6, 6.07) is 47.6. The Morgan fingerprint density at radius 1 is 0.415 bits per heavy atom. The molecule has 0 spiro atoms. The maximum absolute atomic E-state index is 4.96. The number of nitrogens with zero attached hydrogens (tertiary/aromatic N) is 5. The van der Waals surface area contributed by atoms with Gasteiger partial charge >= 0.3 is 0 Å². The van der Waals surface area contributed by atoms with E-state index < -0.39 is 0 Å². The Kier molecular flexibility index (Phi) is 5.38. The molecule has 0 bridgehead atoms. The highest BCUT2D eigenvalue weighted by Crippen LogP contribution is 2.33. The molecule has 5 aromatic carbocycles. The zero-order chi connectivity index (χ0) is 27.2. The van der Waals surface area contributed by atoms with Gasteiger partial charge < -0.3 is 4.57 Å². The van der Waals surface area contributed by atoms with Crippen LogP contribution in [0.25, 0.3) is 72.7 Å². The van der Waals surface area contributed by atoms with Crippen LogP contribution in [0.1, 0.15) is 0 Å². The summed E-state index contributed by atoms with van der Waals surface area (Å²) in [7, 11) is 0. The van der Waals surface area contributed by atoms with Crippen molar-refractivity contribution in [1.82, 2.24) is 24.5 Å². The first-order valence-electron chi connectivity index (χ1n) is 13.6. The zero-order valence-corrected chi connectivity index (χ0v) is 22.0. The molecule has 0 N–H and O–H groups in total. The molecule has 5 heteroatoms. The molecular weight excluding hydrogens is 502 g/mol. The maximum Gasteiger partial charge on any atom is 0.182 e. The first-order valence-corrected chi connectivity index (χ1v) is 13.6. The van der Waals surface area contributed by atoms with E-state index in [4.69, 9.17) is 19.9 Å². The summed E-state index contributed by atoms with van der Waals surface area (Å²) in [5, 5.41) is 3.53. The Labute approximate surface area is 236 Å². The van der Waals surface area contributed by atoms with Gasteiger partial charge in [0.05, 0.1) is 16.6 Å². The fourth-order valence-corrected chi connectivity index (χ4v) is 5.51. The second kappa shape index (κ2) is 9.50. The SMILES string of the molecule is c1ccc(-c2nc(-c3cccc(-n4c5ccccc5c5ccccc54)c3)nc(-c3ccc4ccccc4n3)n2)cc1. The van der Waals surface area contributed by atoms with E-state index in [1.54, 1.807) is 0 Å². The molecule has 41 heavy (non-hydrogen) atoms. The lowest BCUT2D eigenvalue weighted by molar-refractivity contribution is 1.06. The van der Waals surface area contributed by atoms with Crippen LogP contribution in [-0.2, 0) is 0 Å². The van der Waals surface area contributed by atoms with Crippen molar-refractivity contribution >= 4 is 32.7 Å². The number of para-hydroxylation sites is 3. The Hall–Kier alpha value is -5.68. The van der Waals surface area contributed by atoms with E-state index in [-0.39, 0.29) is 0 Å². The minimum atomic E-state index is 0.543. The third kappa shape index (κ3) is 4.03. The number of aromatic nitrogens is 5. The summed E-state index contributed by atoms with van der Waals surface area (Å²) in [4.78, 5) is 19.7. The molecule has 0 radical (unpaired) electrons. The van der Waals surface area contributed by atoms with Crippen LogP contribution in [0.3, 0.4) is 0 Å². The predicted octanol–water partition coefficient (Wildman–Crippen LogP) is 8.52. The van der Waals surface area contributed by atoms with Gasteiger partial charge in [-0.15, -0.1) is 0 Å². The monoisotopic (exact) mass is 525 g/mol. The molecule has 0 aliphatic rings. The van der Waals surface area contributed by atoms with Crippen molar-refractivity contribution in [3.05, 3.63) is 140 Å². The van der Waals surface area contributed by atoms with Crippen molar-refractivity contribution in [3.8, 4) is 40.0 Å². The number of fused-ring (bicyclic) bond motifs is 4. The van der Waals surface area contributed by atoms with Crippen LogP contribution < -0.4 is 0 Å². The van der Waals surface area contributed by atoms with Crippen LogP contribution in [0.5, 0.6) is 0 Å². The largest absolute Gasteiger partial charge is 0.309 e. The highest BCUT2D eigenvalue weighted by Gasteiger charge is 2.16. The van der Waals surface area contributed by atoms with Crippen molar-refractivity contribution < 1.29 is 0 Å². The highest BCUT2D eigenvalue weighted by molar-refractivity contribution is 6.09. The summed E-state index contributed by atoms with van der Waals surface area (Å²) in [5.41, 5.74) is 6.82. The van der Waals surface area contributed by atoms with E-state index in [1.807, 2.05) is 54.6 Å². The van der Waals surface area contributed by atoms with Gasteiger partial charge in [0, 0.05) is 33.0 Å². The standard InChI is InChI=1S/C36H23N5/c1-2-12-25(13-3-1)34-38-35(40-36(39-34)31-22-21-24-11-4-7-18-30(24)37-31)26-14-10-15-27(23-26)41-32-19-8-5-16-28(32)29-17-6-9-20-33(29)41/h1-23H. The molecule has 0 atom stereocenters. The van der Waals surface area contributed by atoms with Crippen molar-refractivity contribution in [2.75, 3.05) is 0 Å². The summed E-state index contributed by atoms with van der Waals surface area (Å²) in [6.07, 6.45) is 0. The Morgan fingerprint density at radius 3 is 1.80 bits per heavy atom. The third-order valence-corrected chi connectivity index (χ3v) is 7.44. The van der Waals surface area contributed by atoms with Crippen LogP contribution in [0.2, 0.25) is 0 Å². The van der Waals surface area contributed by atoms with E-state index >= 15 is 0 Å². The number of hydrogen-bond acceptors (Lipinski definition) is 4. The first-order chi connectivity index (χ1) is 20.3. The summed E-state index contributed by atoms with van der Waals surface area (Å²) in [5.74, 6) is 1.76. The topological polar surface area (TPSA) is 56.5 Å². The molecule has 8 aromatic rings. The second-order valence-electron chi connectivity index (χ2n) is 9.98. The molecule has 0 saturated heterocycles. The minimum absolute atomic E-state index is 0.543. The average Bonchev–Trinajstić information content (AvgIpc) is 3.39. The third-order valence-electron chi connectivity index (χ3n) is 7.44. The number of rotatable bonds is 4. The van der Waals surface area contributed by atoms with E-state index in [0.29, 0.717) is 23.2 Å². The van der Waals surface area contributed by atoms with Crippen LogP contribution in [0, 0.1) is 0 Å². The molecule has 5 nitrogen and oxygen atoms in total. The second-order valence-corrected chi connectivity index (χ2v) is 9.98. The maximum atomic E-state index is 4.96. The molecule has 3 heterocycles. The Morgan fingerprint density at radius 2 is 1.02 bits per heavy atom. The zero-order valence-electron chi connectivity index (χ0n) is 22.0. The van der Waals surface area contributed by atoms with E-state index in [1.165, 1.54) is 10.8 Å². The van der Waals surface area contributed by atoms with Gasteiger partial charge in [0.25, 0.3) is 0 Å². The van der Waals surface area contributed by atoms with Gasteiger partial charge in [-0.25, -0.2) is 19.9 Å². The fraction of sp³-hybridized carbons (Fsp3) is 0. The molecule has 0 aliphatic carbocycles. The van der Waals surface area contributed by atoms with Gasteiger partial charge in [0.2, 0.25) is 0 Å². The summed E-state index contributed by atoms with van der Waals surface area (Å²) in [6.45, 7) is 0. The minimum Gasteiger partial charge on any atom is -0.309 e. The summed E-state index contributed by atoms with van der Waals surface area (Å²) >= 11 is 0. The van der Waals surface area contributed by atoms with Crippen LogP contribution >= 0.6 is 0 Å². The van der Waals surface area contributed by atoms with E-state index in [2.05, 4.69) is 89.5 Å². The number of hydrogen-bond donors (Lipinski definition) is 0. The Bertz CT molecular complexity index is 2160. The molecular formula is C36H23N5. The molecule has 0 saturated carbocycles. The fourth-order valence-electron chi connectivity index (χ4n) is 5.51. The molecule has 3 aromatic heterocycles. The highest BCUT2D eigenvalue weighted by atomic mass is 15.0. The van der Waals surface area contributed by atoms with Crippen molar-refractivity contribution in [2.45, 2.75) is 0 Å². The first kappa shape index (κ1) is 23.2. The molecule has 0 amide bonds. The van der Waals surface area contributed by atoms with Crippen LogP contribution in [0.4, 0.5) is 0 Å². The van der Waals surface area contributed by atoms with Gasteiger partial charge in [-0.2, -0.15) is 0 Å². The van der Waals surface area contributed by atoms with Crippen molar-refractivity contribution in [3.63, 3.8) is 0 Å². The quantitative estimate of drug-likeness (QED) is 0.231. The van der Waals surface area contributed by atoms with Gasteiger partial charge in [-0.05, 0) is 36.4 Å². The molecule has 8 rings (SSSR count). The van der Waals surface area contributed by atoms with Gasteiger partial charge in [0.15, 0.2) is 17.5 Å². The number of benzene rings is 5. The van der Waals surface area contributed by atoms with Gasteiger partial charge in [0.1, 0.15) is 5.69 Å². The molecule has 0 aliphatic heterocycles. The Balaban J connectivity index is 1.33. The lowest BCUT2D eigenvalue weighted by atomic mass is 10.1. The van der Waals surface area contributed by atoms with E-state index in [0.717, 1.165) is 38.8 Å². The molecule has 192 valence electrons. The lowest BCUT2D eigenvalue weighted by Crippen LogP contribution is -2.02. The van der Waals surface area contributed by atoms with Crippen LogP contribution in [-0.4, -0.2) is 24.5 Å². The normalized spacial score (nSPS) is 11.4. The smallest absolute Gasteiger partial charge is 0.182 e. The average molecular weight is 526 g/mol. The molecule has 0 fully saturated rings. The molecule has 0 unspecified atom stereocenters. The van der Waals surface area contributed by atoms with E-state index in [9.17, 15) is 0 Å². The van der Waals surface area contributed by atoms with Crippen molar-refractivity contribution in [2.24, 2.45) is 0 Å². The number of pyridine rings is 1. The van der Waals surface area contributed by atoms with Crippen molar-refractivity contribution in [1.29, 1.82) is 0 Å². The van der Waals surface area contributed by atoms with Crippen LogP contribution in [0.15, 0.2) is 140 Å².